The predicted molar refractivity (Wildman–Crippen MR) is 133 cm³/mol. The van der Waals surface area contributed by atoms with Gasteiger partial charge in [-0.05, 0) is 36.1 Å². The molecule has 0 fully saturated rings. The largest absolute Gasteiger partial charge is 0.390 e. The van der Waals surface area contributed by atoms with Crippen molar-refractivity contribution < 1.29 is 26.9 Å². The number of hydrogen-bond donors (Lipinski definition) is 1. The van der Waals surface area contributed by atoms with Gasteiger partial charge in [-0.3, -0.25) is 10.1 Å². The van der Waals surface area contributed by atoms with Crippen molar-refractivity contribution in [1.29, 1.82) is 0 Å². The summed E-state index contributed by atoms with van der Waals surface area (Å²) in [5.41, 5.74) is -0.241. The van der Waals surface area contributed by atoms with Crippen molar-refractivity contribution in [3.8, 4) is 0 Å². The number of aliphatic hydroxyl groups is 1. The second-order valence-electron chi connectivity index (χ2n) is 9.15. The number of rotatable bonds is 13. The molecule has 12 heteroatoms. The number of benzene rings is 2. The molecular formula is C23H33N3O7S2. The lowest BCUT2D eigenvalue weighted by Gasteiger charge is -2.30. The Labute approximate surface area is 207 Å². The van der Waals surface area contributed by atoms with Crippen LogP contribution in [0, 0.1) is 22.0 Å². The van der Waals surface area contributed by atoms with Gasteiger partial charge in [-0.25, -0.2) is 16.8 Å². The summed E-state index contributed by atoms with van der Waals surface area (Å²) < 4.78 is 55.2. The third-order valence-electron chi connectivity index (χ3n) is 5.03. The zero-order valence-corrected chi connectivity index (χ0v) is 21.9. The maximum atomic E-state index is 13.3. The van der Waals surface area contributed by atoms with Crippen LogP contribution in [0.2, 0.25) is 0 Å². The maximum absolute atomic E-state index is 13.3. The fourth-order valence-electron chi connectivity index (χ4n) is 3.51. The summed E-state index contributed by atoms with van der Waals surface area (Å²) in [7, 11) is -8.01. The zero-order chi connectivity index (χ0) is 26.4. The molecule has 0 bridgehead atoms. The van der Waals surface area contributed by atoms with Gasteiger partial charge in [0.05, 0.1) is 20.8 Å². The molecule has 0 aliphatic rings. The van der Waals surface area contributed by atoms with E-state index in [2.05, 4.69) is 0 Å². The smallest absolute Gasteiger partial charge is 0.269 e. The first-order valence-corrected chi connectivity index (χ1v) is 14.1. The van der Waals surface area contributed by atoms with Crippen molar-refractivity contribution >= 4 is 25.7 Å². The van der Waals surface area contributed by atoms with E-state index in [0.29, 0.717) is 0 Å². The van der Waals surface area contributed by atoms with Gasteiger partial charge in [0.25, 0.3) is 5.69 Å². The van der Waals surface area contributed by atoms with Gasteiger partial charge >= 0.3 is 0 Å². The van der Waals surface area contributed by atoms with E-state index in [1.54, 1.807) is 18.2 Å². The van der Waals surface area contributed by atoms with Gasteiger partial charge < -0.3 is 5.11 Å². The second kappa shape index (κ2) is 12.0. The normalized spacial score (nSPS) is 13.6. The minimum Gasteiger partial charge on any atom is -0.390 e. The van der Waals surface area contributed by atoms with Crippen LogP contribution in [0.15, 0.2) is 64.4 Å². The molecule has 0 aliphatic heterocycles. The van der Waals surface area contributed by atoms with E-state index in [4.69, 9.17) is 0 Å². The molecule has 1 atom stereocenters. The van der Waals surface area contributed by atoms with Crippen LogP contribution in [0.1, 0.15) is 27.7 Å². The Bertz CT molecular complexity index is 1180. The molecule has 2 aromatic carbocycles. The Morgan fingerprint density at radius 2 is 1.14 bits per heavy atom. The van der Waals surface area contributed by atoms with Crippen LogP contribution in [0.4, 0.5) is 5.69 Å². The van der Waals surface area contributed by atoms with E-state index in [0.717, 1.165) is 28.6 Å². The van der Waals surface area contributed by atoms with Gasteiger partial charge in [0, 0.05) is 38.3 Å². The number of nitrogens with zero attached hydrogens (tertiary/aromatic N) is 3. The molecule has 0 aliphatic carbocycles. The van der Waals surface area contributed by atoms with Crippen molar-refractivity contribution in [3.05, 3.63) is 64.7 Å². The van der Waals surface area contributed by atoms with E-state index in [-0.39, 0.29) is 53.5 Å². The Kier molecular flexibility index (Phi) is 9.93. The van der Waals surface area contributed by atoms with Crippen LogP contribution in [0.3, 0.4) is 0 Å². The lowest BCUT2D eigenvalue weighted by atomic mass is 10.2. The molecule has 0 amide bonds. The highest BCUT2D eigenvalue weighted by atomic mass is 32.2. The van der Waals surface area contributed by atoms with Crippen LogP contribution in [-0.4, -0.2) is 67.8 Å². The number of nitro groups is 1. The summed E-state index contributed by atoms with van der Waals surface area (Å²) in [6.45, 7) is 6.93. The lowest BCUT2D eigenvalue weighted by molar-refractivity contribution is -0.384. The van der Waals surface area contributed by atoms with Crippen molar-refractivity contribution in [1.82, 2.24) is 8.61 Å². The Morgan fingerprint density at radius 1 is 0.743 bits per heavy atom. The molecule has 0 saturated carbocycles. The number of aliphatic hydroxyl groups excluding tert-OH is 1. The maximum Gasteiger partial charge on any atom is 0.269 e. The molecule has 0 spiro atoms. The van der Waals surface area contributed by atoms with Crippen LogP contribution < -0.4 is 0 Å². The van der Waals surface area contributed by atoms with Crippen LogP contribution >= 0.6 is 0 Å². The fourth-order valence-corrected chi connectivity index (χ4v) is 6.82. The van der Waals surface area contributed by atoms with Crippen molar-refractivity contribution in [2.45, 2.75) is 43.6 Å². The number of hydrogen-bond acceptors (Lipinski definition) is 7. The molecule has 10 nitrogen and oxygen atoms in total. The van der Waals surface area contributed by atoms with E-state index >= 15 is 0 Å². The SMILES string of the molecule is CC(C)CN(CC(O)CN(CC(C)C)S(=O)(=O)c1ccc([N+](=O)[O-])cc1)S(=O)(=O)c1ccccc1. The molecule has 1 N–H and O–H groups in total. The first kappa shape index (κ1) is 28.9. The van der Waals surface area contributed by atoms with Gasteiger partial charge in [-0.1, -0.05) is 45.9 Å². The minimum absolute atomic E-state index is 0.0312. The lowest BCUT2D eigenvalue weighted by Crippen LogP contribution is -2.46. The number of non-ortho nitro benzene ring substituents is 1. The number of nitro benzene ring substituents is 1. The highest BCUT2D eigenvalue weighted by Crippen LogP contribution is 2.22. The summed E-state index contributed by atoms with van der Waals surface area (Å²) in [6, 6.07) is 12.4. The van der Waals surface area contributed by atoms with Crippen molar-refractivity contribution in [3.63, 3.8) is 0 Å². The third-order valence-corrected chi connectivity index (χ3v) is 8.72. The monoisotopic (exact) mass is 527 g/mol. The van der Waals surface area contributed by atoms with Crippen LogP contribution in [0.5, 0.6) is 0 Å². The zero-order valence-electron chi connectivity index (χ0n) is 20.3. The summed E-state index contributed by atoms with van der Waals surface area (Å²) >= 11 is 0. The van der Waals surface area contributed by atoms with Gasteiger partial charge in [-0.2, -0.15) is 8.61 Å². The molecule has 0 aromatic heterocycles. The Balaban J connectivity index is 2.31. The van der Waals surface area contributed by atoms with E-state index < -0.39 is 31.1 Å². The molecule has 194 valence electrons. The molecule has 0 saturated heterocycles. The van der Waals surface area contributed by atoms with Crippen LogP contribution in [-0.2, 0) is 20.0 Å². The fraction of sp³-hybridized carbons (Fsp3) is 0.478. The minimum atomic E-state index is -4.10. The first-order chi connectivity index (χ1) is 16.2. The highest BCUT2D eigenvalue weighted by molar-refractivity contribution is 7.89. The van der Waals surface area contributed by atoms with Gasteiger partial charge in [-0.15, -0.1) is 0 Å². The Morgan fingerprint density at radius 3 is 1.51 bits per heavy atom. The highest BCUT2D eigenvalue weighted by Gasteiger charge is 2.31. The average Bonchev–Trinajstić information content (AvgIpc) is 2.78. The number of sulfonamides is 2. The predicted octanol–water partition coefficient (Wildman–Crippen LogP) is 2.95. The average molecular weight is 528 g/mol. The molecule has 0 heterocycles. The topological polar surface area (TPSA) is 138 Å². The quantitative estimate of drug-likeness (QED) is 0.312. The molecule has 2 aromatic rings. The van der Waals surface area contributed by atoms with E-state index in [9.17, 15) is 32.1 Å². The summed E-state index contributed by atoms with van der Waals surface area (Å²) in [6.07, 6.45) is -1.31. The standard InChI is InChI=1S/C23H33N3O7S2/c1-18(2)14-24(34(30,31)22-8-6-5-7-9-22)16-21(27)17-25(15-19(3)4)35(32,33)23-12-10-20(11-13-23)26(28)29/h5-13,18-19,21,27H,14-17H2,1-4H3. The summed E-state index contributed by atoms with van der Waals surface area (Å²) in [4.78, 5) is 10.2. The van der Waals surface area contributed by atoms with Crippen molar-refractivity contribution in [2.75, 3.05) is 26.2 Å². The van der Waals surface area contributed by atoms with E-state index in [1.165, 1.54) is 16.4 Å². The Hall–Kier alpha value is -2.38. The molecular weight excluding hydrogens is 494 g/mol. The summed E-state index contributed by atoms with van der Waals surface area (Å²) in [5, 5.41) is 21.8. The molecule has 0 radical (unpaired) electrons. The third kappa shape index (κ3) is 7.80. The molecule has 2 rings (SSSR count). The second-order valence-corrected chi connectivity index (χ2v) is 13.0. The van der Waals surface area contributed by atoms with Gasteiger partial charge in [0.2, 0.25) is 20.0 Å². The van der Waals surface area contributed by atoms with Gasteiger partial charge in [0.1, 0.15) is 0 Å². The van der Waals surface area contributed by atoms with E-state index in [1.807, 2.05) is 27.7 Å². The van der Waals surface area contributed by atoms with Gasteiger partial charge in [0.15, 0.2) is 0 Å². The first-order valence-electron chi connectivity index (χ1n) is 11.2. The molecule has 1 unspecified atom stereocenters. The van der Waals surface area contributed by atoms with Crippen molar-refractivity contribution in [2.24, 2.45) is 11.8 Å². The molecule has 35 heavy (non-hydrogen) atoms. The summed E-state index contributed by atoms with van der Waals surface area (Å²) in [5.74, 6) is -0.119. The van der Waals surface area contributed by atoms with Crippen LogP contribution in [0.25, 0.3) is 0 Å².